The molecule has 1 aromatic heterocycles. The molecular weight excluding hydrogens is 290 g/mol. The van der Waals surface area contributed by atoms with Gasteiger partial charge in [-0.3, -0.25) is 0 Å². The first-order valence-electron chi connectivity index (χ1n) is 8.27. The molecule has 0 radical (unpaired) electrons. The highest BCUT2D eigenvalue weighted by Crippen LogP contribution is 2.38. The largest absolute Gasteiger partial charge is 0.378 e. The van der Waals surface area contributed by atoms with Crippen molar-refractivity contribution in [2.75, 3.05) is 12.4 Å². The van der Waals surface area contributed by atoms with Gasteiger partial charge in [-0.05, 0) is 34.1 Å². The van der Waals surface area contributed by atoms with Crippen LogP contribution in [-0.4, -0.2) is 34.3 Å². The van der Waals surface area contributed by atoms with Crippen molar-refractivity contribution in [1.29, 1.82) is 0 Å². The summed E-state index contributed by atoms with van der Waals surface area (Å²) < 4.78 is 11.4. The summed E-state index contributed by atoms with van der Waals surface area (Å²) in [4.78, 5) is 9.36. The number of ether oxygens (including phenoxy) is 2. The first-order valence-corrected chi connectivity index (χ1v) is 8.27. The lowest BCUT2D eigenvalue weighted by atomic mass is 9.94. The molecular formula is C18H31N3O2. The molecule has 5 nitrogen and oxygen atoms in total. The minimum Gasteiger partial charge on any atom is -0.378 e. The summed E-state index contributed by atoms with van der Waals surface area (Å²) in [6, 6.07) is 2.18. The van der Waals surface area contributed by atoms with Crippen molar-refractivity contribution >= 4 is 5.82 Å². The number of nitrogens with one attached hydrogen (secondary N) is 1. The maximum Gasteiger partial charge on any atom is 0.136 e. The van der Waals surface area contributed by atoms with Crippen molar-refractivity contribution in [3.63, 3.8) is 0 Å². The second kappa shape index (κ2) is 6.02. The van der Waals surface area contributed by atoms with Crippen molar-refractivity contribution in [1.82, 2.24) is 9.97 Å². The molecule has 1 unspecified atom stereocenters. The first kappa shape index (κ1) is 18.1. The van der Waals surface area contributed by atoms with Crippen molar-refractivity contribution in [3.8, 4) is 0 Å². The lowest BCUT2D eigenvalue weighted by molar-refractivity contribution is -0.0662. The minimum atomic E-state index is -0.238. The van der Waals surface area contributed by atoms with E-state index in [2.05, 4.69) is 58.8 Å². The zero-order valence-electron chi connectivity index (χ0n) is 15.8. The van der Waals surface area contributed by atoms with E-state index in [1.165, 1.54) is 0 Å². The molecule has 0 spiro atoms. The molecule has 1 aliphatic rings. The molecule has 1 saturated heterocycles. The molecule has 0 aromatic carbocycles. The molecule has 1 fully saturated rings. The molecule has 130 valence electrons. The van der Waals surface area contributed by atoms with Crippen LogP contribution in [0.15, 0.2) is 6.07 Å². The monoisotopic (exact) mass is 321 g/mol. The quantitative estimate of drug-likeness (QED) is 0.917. The Hall–Kier alpha value is -1.20. The lowest BCUT2D eigenvalue weighted by Crippen LogP contribution is -2.38. The van der Waals surface area contributed by atoms with Crippen molar-refractivity contribution < 1.29 is 9.47 Å². The summed E-state index contributed by atoms with van der Waals surface area (Å²) in [6.07, 6.45) is 0.939. The molecule has 2 heterocycles. The zero-order valence-corrected chi connectivity index (χ0v) is 15.8. The lowest BCUT2D eigenvalue weighted by Gasteiger charge is -2.28. The van der Waals surface area contributed by atoms with Crippen LogP contribution in [0.2, 0.25) is 0 Å². The van der Waals surface area contributed by atoms with Crippen LogP contribution < -0.4 is 5.32 Å². The zero-order chi connectivity index (χ0) is 17.5. The van der Waals surface area contributed by atoms with Gasteiger partial charge in [-0.2, -0.15) is 0 Å². The van der Waals surface area contributed by atoms with Crippen LogP contribution in [-0.2, 0) is 21.5 Å². The third-order valence-corrected chi connectivity index (χ3v) is 4.14. The molecule has 1 aromatic rings. The molecule has 0 bridgehead atoms. The standard InChI is InChI=1S/C18H31N3O2/c1-16(2,3)15-19-12(11-22-8)9-14(21-15)20-13-10-17(4,5)23-18(13,6)7/h9,13H,10-11H2,1-8H3,(H,19,20,21). The summed E-state index contributed by atoms with van der Waals surface area (Å²) in [5.41, 5.74) is 0.417. The Morgan fingerprint density at radius 2 is 1.91 bits per heavy atom. The van der Waals surface area contributed by atoms with Gasteiger partial charge < -0.3 is 14.8 Å². The molecule has 0 aliphatic carbocycles. The molecule has 0 amide bonds. The molecule has 1 aliphatic heterocycles. The fraction of sp³-hybridized carbons (Fsp3) is 0.778. The van der Waals surface area contributed by atoms with Crippen molar-refractivity contribution in [3.05, 3.63) is 17.6 Å². The maximum atomic E-state index is 6.17. The average Bonchev–Trinajstić information content (AvgIpc) is 2.56. The van der Waals surface area contributed by atoms with Gasteiger partial charge in [0.05, 0.1) is 29.5 Å². The first-order chi connectivity index (χ1) is 10.4. The average molecular weight is 321 g/mol. The second-order valence-electron chi connectivity index (χ2n) is 8.62. The highest BCUT2D eigenvalue weighted by molar-refractivity contribution is 5.39. The summed E-state index contributed by atoms with van der Waals surface area (Å²) in [6.45, 7) is 15.4. The number of anilines is 1. The van der Waals surface area contributed by atoms with E-state index in [4.69, 9.17) is 14.5 Å². The van der Waals surface area contributed by atoms with E-state index in [0.717, 1.165) is 23.8 Å². The Bertz CT molecular complexity index is 562. The normalized spacial score (nSPS) is 23.0. The van der Waals surface area contributed by atoms with Crippen LogP contribution in [0.25, 0.3) is 0 Å². The van der Waals surface area contributed by atoms with Gasteiger partial charge in [0.25, 0.3) is 0 Å². The summed E-state index contributed by atoms with van der Waals surface area (Å²) >= 11 is 0. The van der Waals surface area contributed by atoms with E-state index in [1.54, 1.807) is 7.11 Å². The van der Waals surface area contributed by atoms with Crippen molar-refractivity contribution in [2.45, 2.75) is 84.2 Å². The van der Waals surface area contributed by atoms with Crippen molar-refractivity contribution in [2.24, 2.45) is 0 Å². The molecule has 1 atom stereocenters. The van der Waals surface area contributed by atoms with E-state index >= 15 is 0 Å². The highest BCUT2D eigenvalue weighted by atomic mass is 16.5. The van der Waals surface area contributed by atoms with Crippen LogP contribution in [0.1, 0.15) is 66.4 Å². The SMILES string of the molecule is COCc1cc(NC2CC(C)(C)OC2(C)C)nc(C(C)(C)C)n1. The minimum absolute atomic E-state index is 0.110. The van der Waals surface area contributed by atoms with E-state index < -0.39 is 0 Å². The Morgan fingerprint density at radius 3 is 2.39 bits per heavy atom. The van der Waals surface area contributed by atoms with Crippen LogP contribution in [0.4, 0.5) is 5.82 Å². The number of hydrogen-bond acceptors (Lipinski definition) is 5. The van der Waals surface area contributed by atoms with Crippen LogP contribution in [0, 0.1) is 0 Å². The van der Waals surface area contributed by atoms with Gasteiger partial charge in [-0.25, -0.2) is 9.97 Å². The predicted octanol–water partition coefficient (Wildman–Crippen LogP) is 3.68. The Kier molecular flexibility index (Phi) is 4.75. The molecule has 5 heteroatoms. The number of aromatic nitrogens is 2. The second-order valence-corrected chi connectivity index (χ2v) is 8.62. The van der Waals surface area contributed by atoms with Crippen LogP contribution >= 0.6 is 0 Å². The van der Waals surface area contributed by atoms with Gasteiger partial charge in [0, 0.05) is 18.6 Å². The molecule has 2 rings (SSSR count). The molecule has 1 N–H and O–H groups in total. The van der Waals surface area contributed by atoms with E-state index in [1.807, 2.05) is 6.07 Å². The molecule has 0 saturated carbocycles. The predicted molar refractivity (Wildman–Crippen MR) is 92.7 cm³/mol. The van der Waals surface area contributed by atoms with Crippen LogP contribution in [0.3, 0.4) is 0 Å². The van der Waals surface area contributed by atoms with Gasteiger partial charge >= 0.3 is 0 Å². The van der Waals surface area contributed by atoms with E-state index in [-0.39, 0.29) is 22.7 Å². The van der Waals surface area contributed by atoms with Gasteiger partial charge in [-0.15, -0.1) is 0 Å². The van der Waals surface area contributed by atoms with E-state index in [0.29, 0.717) is 6.61 Å². The maximum absolute atomic E-state index is 6.17. The van der Waals surface area contributed by atoms with Crippen LogP contribution in [0.5, 0.6) is 0 Å². The number of nitrogens with zero attached hydrogens (tertiary/aromatic N) is 2. The fourth-order valence-corrected chi connectivity index (χ4v) is 3.09. The van der Waals surface area contributed by atoms with E-state index in [9.17, 15) is 0 Å². The topological polar surface area (TPSA) is 56.3 Å². The number of rotatable bonds is 4. The Balaban J connectivity index is 2.30. The number of hydrogen-bond donors (Lipinski definition) is 1. The van der Waals surface area contributed by atoms with Gasteiger partial charge in [0.1, 0.15) is 11.6 Å². The molecule has 23 heavy (non-hydrogen) atoms. The highest BCUT2D eigenvalue weighted by Gasteiger charge is 2.46. The van der Waals surface area contributed by atoms with Gasteiger partial charge in [0.15, 0.2) is 0 Å². The van der Waals surface area contributed by atoms with Gasteiger partial charge in [0.2, 0.25) is 0 Å². The Morgan fingerprint density at radius 1 is 1.26 bits per heavy atom. The third-order valence-electron chi connectivity index (χ3n) is 4.14. The third kappa shape index (κ3) is 4.42. The Labute approximate surface area is 140 Å². The van der Waals surface area contributed by atoms with Gasteiger partial charge in [-0.1, -0.05) is 20.8 Å². The number of methoxy groups -OCH3 is 1. The summed E-state index contributed by atoms with van der Waals surface area (Å²) in [7, 11) is 1.68. The summed E-state index contributed by atoms with van der Waals surface area (Å²) in [5.74, 6) is 1.67. The smallest absolute Gasteiger partial charge is 0.136 e. The fourth-order valence-electron chi connectivity index (χ4n) is 3.09. The summed E-state index contributed by atoms with van der Waals surface area (Å²) in [5, 5.41) is 3.57.